The van der Waals surface area contributed by atoms with Gasteiger partial charge in [0, 0.05) is 29.0 Å². The smallest absolute Gasteiger partial charge is 0.251 e. The topological polar surface area (TPSA) is 79.5 Å². The van der Waals surface area contributed by atoms with Crippen LogP contribution in [0.1, 0.15) is 37.6 Å². The maximum atomic E-state index is 12.1. The highest BCUT2D eigenvalue weighted by molar-refractivity contribution is 5.96. The van der Waals surface area contributed by atoms with E-state index in [-0.39, 0.29) is 24.4 Å². The Morgan fingerprint density at radius 1 is 1.04 bits per heavy atom. The van der Waals surface area contributed by atoms with Crippen LogP contribution in [0.3, 0.4) is 0 Å². The van der Waals surface area contributed by atoms with Crippen molar-refractivity contribution in [3.05, 3.63) is 54.1 Å². The number of hydrogen-bond acceptors (Lipinski definition) is 4. The van der Waals surface area contributed by atoms with E-state index in [0.29, 0.717) is 17.9 Å². The van der Waals surface area contributed by atoms with Gasteiger partial charge in [0.25, 0.3) is 5.91 Å². The molecule has 2 amide bonds. The Kier molecular flexibility index (Phi) is 7.67. The van der Waals surface area contributed by atoms with Crippen LogP contribution in [0.2, 0.25) is 0 Å². The summed E-state index contributed by atoms with van der Waals surface area (Å²) < 4.78 is 5.44. The molecule has 2 rings (SSSR count). The molecule has 0 aliphatic heterocycles. The molecule has 2 aromatic carbocycles. The number of hydrogen-bond donors (Lipinski definition) is 3. The molecule has 27 heavy (non-hydrogen) atoms. The van der Waals surface area contributed by atoms with Crippen molar-refractivity contribution >= 4 is 23.2 Å². The first-order chi connectivity index (χ1) is 13.0. The summed E-state index contributed by atoms with van der Waals surface area (Å²) in [7, 11) is 0. The summed E-state index contributed by atoms with van der Waals surface area (Å²) in [6.45, 7) is 6.63. The van der Waals surface area contributed by atoms with Crippen molar-refractivity contribution < 1.29 is 14.3 Å². The van der Waals surface area contributed by atoms with E-state index < -0.39 is 0 Å². The maximum Gasteiger partial charge on any atom is 0.251 e. The van der Waals surface area contributed by atoms with Crippen LogP contribution >= 0.6 is 0 Å². The average molecular weight is 369 g/mol. The van der Waals surface area contributed by atoms with E-state index >= 15 is 0 Å². The molecule has 0 heterocycles. The van der Waals surface area contributed by atoms with Gasteiger partial charge in [0.05, 0.1) is 13.2 Å². The lowest BCUT2D eigenvalue weighted by atomic mass is 10.1. The lowest BCUT2D eigenvalue weighted by molar-refractivity contribution is -0.114. The van der Waals surface area contributed by atoms with Crippen LogP contribution in [-0.2, 0) is 4.79 Å². The van der Waals surface area contributed by atoms with E-state index in [2.05, 4.69) is 16.0 Å². The van der Waals surface area contributed by atoms with Crippen molar-refractivity contribution in [3.8, 4) is 5.75 Å². The number of nitrogens with one attached hydrogen (secondary N) is 3. The molecule has 6 nitrogen and oxygen atoms in total. The fourth-order valence-corrected chi connectivity index (χ4v) is 2.36. The highest BCUT2D eigenvalue weighted by atomic mass is 16.5. The van der Waals surface area contributed by atoms with Crippen molar-refractivity contribution in [1.82, 2.24) is 5.32 Å². The van der Waals surface area contributed by atoms with Gasteiger partial charge in [0.15, 0.2) is 0 Å². The zero-order valence-corrected chi connectivity index (χ0v) is 16.0. The first-order valence-corrected chi connectivity index (χ1v) is 9.19. The molecule has 1 unspecified atom stereocenters. The summed E-state index contributed by atoms with van der Waals surface area (Å²) in [6, 6.07) is 14.4. The molecule has 0 saturated carbocycles. The van der Waals surface area contributed by atoms with Gasteiger partial charge < -0.3 is 20.7 Å². The van der Waals surface area contributed by atoms with Crippen molar-refractivity contribution in [2.24, 2.45) is 0 Å². The molecular weight excluding hydrogens is 342 g/mol. The molecule has 6 heteroatoms. The summed E-state index contributed by atoms with van der Waals surface area (Å²) in [5, 5.41) is 8.78. The molecule has 1 atom stereocenters. The average Bonchev–Trinajstić information content (AvgIpc) is 2.67. The second kappa shape index (κ2) is 10.2. The van der Waals surface area contributed by atoms with Crippen molar-refractivity contribution in [2.75, 3.05) is 23.8 Å². The quantitative estimate of drug-likeness (QED) is 0.630. The molecule has 0 bridgehead atoms. The second-order valence-electron chi connectivity index (χ2n) is 6.22. The number of carbonyl (C=O) groups excluding carboxylic acids is 2. The molecule has 0 saturated heterocycles. The van der Waals surface area contributed by atoms with Gasteiger partial charge in [-0.2, -0.15) is 0 Å². The summed E-state index contributed by atoms with van der Waals surface area (Å²) in [4.78, 5) is 24.2. The number of benzene rings is 2. The molecule has 0 aromatic heterocycles. The maximum absolute atomic E-state index is 12.1. The third-order valence-corrected chi connectivity index (χ3v) is 4.02. The predicted octanol–water partition coefficient (Wildman–Crippen LogP) is 3.66. The number of amides is 2. The Morgan fingerprint density at radius 3 is 2.44 bits per heavy atom. The Hall–Kier alpha value is -3.02. The molecular formula is C21H27N3O3. The van der Waals surface area contributed by atoms with Crippen molar-refractivity contribution in [3.63, 3.8) is 0 Å². The van der Waals surface area contributed by atoms with Gasteiger partial charge in [0.2, 0.25) is 5.91 Å². The van der Waals surface area contributed by atoms with Crippen molar-refractivity contribution in [2.45, 2.75) is 33.2 Å². The van der Waals surface area contributed by atoms with E-state index in [1.807, 2.05) is 45.0 Å². The SMILES string of the molecule is CCOc1cccc(NCC(=O)Nc2ccc(C(=O)NC(C)CC)cc2)c1. The minimum absolute atomic E-state index is 0.113. The molecule has 0 aliphatic rings. The highest BCUT2D eigenvalue weighted by Crippen LogP contribution is 2.17. The number of carbonyl (C=O) groups is 2. The lowest BCUT2D eigenvalue weighted by Gasteiger charge is -2.12. The van der Waals surface area contributed by atoms with Gasteiger partial charge in [-0.1, -0.05) is 13.0 Å². The largest absolute Gasteiger partial charge is 0.494 e. The zero-order valence-electron chi connectivity index (χ0n) is 16.0. The third-order valence-electron chi connectivity index (χ3n) is 4.02. The Morgan fingerprint density at radius 2 is 1.78 bits per heavy atom. The van der Waals surface area contributed by atoms with E-state index in [0.717, 1.165) is 17.9 Å². The van der Waals surface area contributed by atoms with E-state index in [4.69, 9.17) is 4.74 Å². The van der Waals surface area contributed by atoms with Gasteiger partial charge in [0.1, 0.15) is 5.75 Å². The fraction of sp³-hybridized carbons (Fsp3) is 0.333. The first kappa shape index (κ1) is 20.3. The van der Waals surface area contributed by atoms with Crippen LogP contribution in [0.15, 0.2) is 48.5 Å². The molecule has 2 aromatic rings. The summed E-state index contributed by atoms with van der Waals surface area (Å²) >= 11 is 0. The Labute approximate surface area is 160 Å². The molecule has 0 spiro atoms. The Bertz CT molecular complexity index is 760. The number of rotatable bonds is 9. The number of ether oxygens (including phenoxy) is 1. The second-order valence-corrected chi connectivity index (χ2v) is 6.22. The standard InChI is InChI=1S/C21H27N3O3/c1-4-15(3)23-21(26)16-9-11-17(12-10-16)24-20(25)14-22-18-7-6-8-19(13-18)27-5-2/h6-13,15,22H,4-5,14H2,1-3H3,(H,23,26)(H,24,25). The minimum atomic E-state index is -0.173. The van der Waals surface area contributed by atoms with E-state index in [1.165, 1.54) is 0 Å². The Balaban J connectivity index is 1.85. The van der Waals surface area contributed by atoms with E-state index in [9.17, 15) is 9.59 Å². The molecule has 0 fully saturated rings. The van der Waals surface area contributed by atoms with E-state index in [1.54, 1.807) is 24.3 Å². The lowest BCUT2D eigenvalue weighted by Crippen LogP contribution is -2.31. The minimum Gasteiger partial charge on any atom is -0.494 e. The van der Waals surface area contributed by atoms with Gasteiger partial charge in [-0.05, 0) is 56.7 Å². The first-order valence-electron chi connectivity index (χ1n) is 9.19. The van der Waals surface area contributed by atoms with Gasteiger partial charge in [-0.3, -0.25) is 9.59 Å². The fourth-order valence-electron chi connectivity index (χ4n) is 2.36. The van der Waals surface area contributed by atoms with Crippen LogP contribution < -0.4 is 20.7 Å². The number of anilines is 2. The summed E-state index contributed by atoms with van der Waals surface area (Å²) in [5.74, 6) is 0.473. The monoisotopic (exact) mass is 369 g/mol. The highest BCUT2D eigenvalue weighted by Gasteiger charge is 2.09. The molecule has 0 aliphatic carbocycles. The summed E-state index contributed by atoms with van der Waals surface area (Å²) in [6.07, 6.45) is 0.875. The van der Waals surface area contributed by atoms with Crippen LogP contribution in [0, 0.1) is 0 Å². The normalized spacial score (nSPS) is 11.4. The van der Waals surface area contributed by atoms with Gasteiger partial charge in [-0.25, -0.2) is 0 Å². The third kappa shape index (κ3) is 6.66. The zero-order chi connectivity index (χ0) is 19.6. The molecule has 144 valence electrons. The van der Waals surface area contributed by atoms with Gasteiger partial charge in [-0.15, -0.1) is 0 Å². The van der Waals surface area contributed by atoms with Gasteiger partial charge >= 0.3 is 0 Å². The van der Waals surface area contributed by atoms with Crippen LogP contribution in [0.25, 0.3) is 0 Å². The molecule has 3 N–H and O–H groups in total. The van der Waals surface area contributed by atoms with Crippen LogP contribution in [0.4, 0.5) is 11.4 Å². The molecule has 0 radical (unpaired) electrons. The summed E-state index contributed by atoms with van der Waals surface area (Å²) in [5.41, 5.74) is 2.03. The van der Waals surface area contributed by atoms with Crippen LogP contribution in [0.5, 0.6) is 5.75 Å². The predicted molar refractivity (Wildman–Crippen MR) is 108 cm³/mol. The van der Waals surface area contributed by atoms with Crippen molar-refractivity contribution in [1.29, 1.82) is 0 Å². The van der Waals surface area contributed by atoms with Crippen LogP contribution in [-0.4, -0.2) is 31.0 Å².